The first-order valence-corrected chi connectivity index (χ1v) is 8.11. The van der Waals surface area contributed by atoms with Gasteiger partial charge in [-0.05, 0) is 57.0 Å². The minimum absolute atomic E-state index is 0.195. The second-order valence-corrected chi connectivity index (χ2v) is 6.82. The normalized spacial score (nSPS) is 12.5. The standard InChI is InChI=1S/C20H25NO3/c1-20(2,3)24-19(22)14-16(21)12-15-8-7-11-18(13-15)23-17-9-5-4-6-10-17/h4-11,13,16H,12,14,21H2,1-3H3. The number of ether oxygens (including phenoxy) is 2. The lowest BCUT2D eigenvalue weighted by Gasteiger charge is -2.21. The fraction of sp³-hybridized carbons (Fsp3) is 0.350. The highest BCUT2D eigenvalue weighted by Crippen LogP contribution is 2.22. The summed E-state index contributed by atoms with van der Waals surface area (Å²) in [5, 5.41) is 0. The van der Waals surface area contributed by atoms with Crippen LogP contribution in [0.4, 0.5) is 0 Å². The van der Waals surface area contributed by atoms with Crippen LogP contribution in [-0.2, 0) is 16.0 Å². The van der Waals surface area contributed by atoms with Gasteiger partial charge in [0.1, 0.15) is 17.1 Å². The van der Waals surface area contributed by atoms with Crippen LogP contribution in [0, 0.1) is 0 Å². The average Bonchev–Trinajstić information content (AvgIpc) is 2.46. The number of carbonyl (C=O) groups is 1. The molecule has 24 heavy (non-hydrogen) atoms. The highest BCUT2D eigenvalue weighted by Gasteiger charge is 2.18. The molecule has 0 saturated carbocycles. The van der Waals surface area contributed by atoms with Gasteiger partial charge in [0.25, 0.3) is 0 Å². The van der Waals surface area contributed by atoms with Crippen molar-refractivity contribution >= 4 is 5.97 Å². The maximum Gasteiger partial charge on any atom is 0.307 e. The molecule has 0 aromatic heterocycles. The zero-order valence-corrected chi connectivity index (χ0v) is 14.5. The molecule has 0 saturated heterocycles. The number of carbonyl (C=O) groups excluding carboxylic acids is 1. The van der Waals surface area contributed by atoms with Crippen LogP contribution in [0.2, 0.25) is 0 Å². The first kappa shape index (κ1) is 18.0. The molecular formula is C20H25NO3. The van der Waals surface area contributed by atoms with E-state index in [9.17, 15) is 4.79 Å². The van der Waals surface area contributed by atoms with Gasteiger partial charge in [-0.15, -0.1) is 0 Å². The van der Waals surface area contributed by atoms with E-state index in [0.717, 1.165) is 17.1 Å². The average molecular weight is 327 g/mol. The van der Waals surface area contributed by atoms with Gasteiger partial charge in [-0.25, -0.2) is 0 Å². The lowest BCUT2D eigenvalue weighted by atomic mass is 10.0. The molecule has 0 aliphatic heterocycles. The van der Waals surface area contributed by atoms with Crippen molar-refractivity contribution in [1.29, 1.82) is 0 Å². The minimum atomic E-state index is -0.486. The summed E-state index contributed by atoms with van der Waals surface area (Å²) in [4.78, 5) is 11.8. The Hall–Kier alpha value is -2.33. The van der Waals surface area contributed by atoms with E-state index < -0.39 is 5.60 Å². The third-order valence-electron chi connectivity index (χ3n) is 3.22. The fourth-order valence-electron chi connectivity index (χ4n) is 2.33. The number of benzene rings is 2. The fourth-order valence-corrected chi connectivity index (χ4v) is 2.33. The highest BCUT2D eigenvalue weighted by atomic mass is 16.6. The summed E-state index contributed by atoms with van der Waals surface area (Å²) in [7, 11) is 0. The minimum Gasteiger partial charge on any atom is -0.460 e. The summed E-state index contributed by atoms with van der Waals surface area (Å²) in [6.07, 6.45) is 0.784. The molecule has 0 radical (unpaired) electrons. The molecule has 1 atom stereocenters. The van der Waals surface area contributed by atoms with Gasteiger partial charge in [0, 0.05) is 6.04 Å². The number of esters is 1. The van der Waals surface area contributed by atoms with E-state index >= 15 is 0 Å². The Kier molecular flexibility index (Phi) is 5.99. The van der Waals surface area contributed by atoms with E-state index in [1.54, 1.807) is 0 Å². The Morgan fingerprint density at radius 1 is 1.04 bits per heavy atom. The zero-order chi connectivity index (χ0) is 17.6. The van der Waals surface area contributed by atoms with Crippen molar-refractivity contribution in [3.8, 4) is 11.5 Å². The van der Waals surface area contributed by atoms with Crippen molar-refractivity contribution in [2.24, 2.45) is 5.73 Å². The second kappa shape index (κ2) is 7.97. The highest BCUT2D eigenvalue weighted by molar-refractivity contribution is 5.70. The molecule has 4 nitrogen and oxygen atoms in total. The van der Waals surface area contributed by atoms with Crippen LogP contribution in [0.25, 0.3) is 0 Å². The molecule has 0 bridgehead atoms. The summed E-state index contributed by atoms with van der Waals surface area (Å²) in [5.74, 6) is 1.27. The molecule has 0 heterocycles. The van der Waals surface area contributed by atoms with Gasteiger partial charge in [0.2, 0.25) is 0 Å². The van der Waals surface area contributed by atoms with E-state index in [1.165, 1.54) is 0 Å². The third-order valence-corrected chi connectivity index (χ3v) is 3.22. The van der Waals surface area contributed by atoms with Crippen LogP contribution in [0.1, 0.15) is 32.8 Å². The maximum absolute atomic E-state index is 11.8. The molecule has 1 unspecified atom stereocenters. The van der Waals surface area contributed by atoms with Crippen LogP contribution in [-0.4, -0.2) is 17.6 Å². The summed E-state index contributed by atoms with van der Waals surface area (Å²) in [5.41, 5.74) is 6.63. The van der Waals surface area contributed by atoms with Gasteiger partial charge in [-0.1, -0.05) is 30.3 Å². The van der Waals surface area contributed by atoms with Crippen LogP contribution in [0.15, 0.2) is 54.6 Å². The van der Waals surface area contributed by atoms with E-state index in [1.807, 2.05) is 75.4 Å². The number of hydrogen-bond donors (Lipinski definition) is 1. The molecule has 0 aliphatic rings. The van der Waals surface area contributed by atoms with Crippen LogP contribution in [0.3, 0.4) is 0 Å². The van der Waals surface area contributed by atoms with Crippen molar-refractivity contribution in [1.82, 2.24) is 0 Å². The Labute approximate surface area is 143 Å². The van der Waals surface area contributed by atoms with Crippen molar-refractivity contribution in [3.63, 3.8) is 0 Å². The van der Waals surface area contributed by atoms with Crippen LogP contribution < -0.4 is 10.5 Å². The van der Waals surface area contributed by atoms with Crippen molar-refractivity contribution in [2.75, 3.05) is 0 Å². The molecule has 0 spiro atoms. The zero-order valence-electron chi connectivity index (χ0n) is 14.5. The maximum atomic E-state index is 11.8. The molecule has 2 N–H and O–H groups in total. The summed E-state index contributed by atoms with van der Waals surface area (Å²) < 4.78 is 11.1. The van der Waals surface area contributed by atoms with Gasteiger partial charge in [-0.2, -0.15) is 0 Å². The van der Waals surface area contributed by atoms with Gasteiger partial charge in [0.05, 0.1) is 6.42 Å². The van der Waals surface area contributed by atoms with Gasteiger partial charge in [-0.3, -0.25) is 4.79 Å². The van der Waals surface area contributed by atoms with Gasteiger partial charge >= 0.3 is 5.97 Å². The largest absolute Gasteiger partial charge is 0.460 e. The molecular weight excluding hydrogens is 302 g/mol. The summed E-state index contributed by atoms with van der Waals surface area (Å²) in [6.45, 7) is 5.54. The first-order chi connectivity index (χ1) is 11.3. The first-order valence-electron chi connectivity index (χ1n) is 8.11. The quantitative estimate of drug-likeness (QED) is 0.812. The van der Waals surface area contributed by atoms with Crippen molar-refractivity contribution in [3.05, 3.63) is 60.2 Å². The molecule has 128 valence electrons. The van der Waals surface area contributed by atoms with Crippen LogP contribution >= 0.6 is 0 Å². The lowest BCUT2D eigenvalue weighted by molar-refractivity contribution is -0.155. The smallest absolute Gasteiger partial charge is 0.307 e. The predicted molar refractivity (Wildman–Crippen MR) is 95.1 cm³/mol. The molecule has 2 aromatic carbocycles. The predicted octanol–water partition coefficient (Wildman–Crippen LogP) is 4.08. The molecule has 2 rings (SSSR count). The molecule has 0 amide bonds. The van der Waals surface area contributed by atoms with E-state index in [4.69, 9.17) is 15.2 Å². The number of para-hydroxylation sites is 1. The number of rotatable bonds is 6. The topological polar surface area (TPSA) is 61.5 Å². The molecule has 0 aliphatic carbocycles. The molecule has 4 heteroatoms. The van der Waals surface area contributed by atoms with Crippen LogP contribution in [0.5, 0.6) is 11.5 Å². The third kappa shape index (κ3) is 6.42. The van der Waals surface area contributed by atoms with Crippen molar-refractivity contribution in [2.45, 2.75) is 45.3 Å². The van der Waals surface area contributed by atoms with Gasteiger partial charge in [0.15, 0.2) is 0 Å². The van der Waals surface area contributed by atoms with E-state index in [0.29, 0.717) is 6.42 Å². The Bertz CT molecular complexity index is 662. The monoisotopic (exact) mass is 327 g/mol. The molecule has 2 aromatic rings. The van der Waals surface area contributed by atoms with Gasteiger partial charge < -0.3 is 15.2 Å². The number of hydrogen-bond acceptors (Lipinski definition) is 4. The Morgan fingerprint density at radius 2 is 1.71 bits per heavy atom. The number of nitrogens with two attached hydrogens (primary N) is 1. The SMILES string of the molecule is CC(C)(C)OC(=O)CC(N)Cc1cccc(Oc2ccccc2)c1. The van der Waals surface area contributed by atoms with Crippen molar-refractivity contribution < 1.29 is 14.3 Å². The second-order valence-electron chi connectivity index (χ2n) is 6.82. The van der Waals surface area contributed by atoms with E-state index in [2.05, 4.69) is 0 Å². The van der Waals surface area contributed by atoms with E-state index in [-0.39, 0.29) is 18.4 Å². The summed E-state index contributed by atoms with van der Waals surface area (Å²) >= 11 is 0. The summed E-state index contributed by atoms with van der Waals surface area (Å²) in [6, 6.07) is 17.1. The Morgan fingerprint density at radius 3 is 2.38 bits per heavy atom. The lowest BCUT2D eigenvalue weighted by Crippen LogP contribution is -2.31. The Balaban J connectivity index is 1.93. The molecule has 0 fully saturated rings.